The van der Waals surface area contributed by atoms with Gasteiger partial charge in [0, 0.05) is 13.3 Å². The number of carbonyl (C=O) groups excluding carboxylic acids is 2. The Balaban J connectivity index is 1.70. The Kier molecular flexibility index (Phi) is 5.02. The number of halogens is 1. The molecule has 0 heterocycles. The number of hydrogen-bond acceptors (Lipinski definition) is 5. The molecule has 0 amide bonds. The van der Waals surface area contributed by atoms with Crippen molar-refractivity contribution in [3.05, 3.63) is 23.3 Å². The molecule has 4 aliphatic carbocycles. The first-order valence-corrected chi connectivity index (χ1v) is 10.7. The number of allylic oxidation sites excluding steroid dienone is 1. The minimum absolute atomic E-state index is 0.0271. The zero-order valence-electron chi connectivity index (χ0n) is 17.4. The molecule has 4 aliphatic rings. The highest BCUT2D eigenvalue weighted by molar-refractivity contribution is 5.91. The Labute approximate surface area is 171 Å². The average Bonchev–Trinajstić information content (AvgIpc) is 2.87. The van der Waals surface area contributed by atoms with Gasteiger partial charge in [0.2, 0.25) is 0 Å². The Morgan fingerprint density at radius 3 is 2.72 bits per heavy atom. The van der Waals surface area contributed by atoms with Crippen molar-refractivity contribution in [1.82, 2.24) is 0 Å². The van der Waals surface area contributed by atoms with Gasteiger partial charge in [-0.25, -0.2) is 4.39 Å². The van der Waals surface area contributed by atoms with E-state index in [1.54, 1.807) is 6.08 Å². The van der Waals surface area contributed by atoms with Crippen molar-refractivity contribution >= 4 is 11.8 Å². The standard InChI is InChI=1S/C23H31FO5/c1-12(25)29-7-5-15-19(27)10-16-14-9-18(24)17-8-13(26)4-6-22(17,2)21(14)20(28)11-23(15,16)3/h5,8,14,16,18-21,27-28H,4,6-7,9-11H2,1-3H3/t14-,16-,18-,19+,20-,21+,22-,23+/m0/s1. The van der Waals surface area contributed by atoms with Crippen molar-refractivity contribution < 1.29 is 28.9 Å². The molecule has 0 aromatic rings. The highest BCUT2D eigenvalue weighted by atomic mass is 19.1. The second-order valence-corrected chi connectivity index (χ2v) is 9.89. The van der Waals surface area contributed by atoms with E-state index < -0.39 is 29.2 Å². The summed E-state index contributed by atoms with van der Waals surface area (Å²) in [4.78, 5) is 23.0. The normalized spacial score (nSPS) is 47.9. The van der Waals surface area contributed by atoms with Crippen LogP contribution in [-0.2, 0) is 14.3 Å². The third-order valence-corrected chi connectivity index (χ3v) is 8.35. The molecule has 0 aromatic carbocycles. The van der Waals surface area contributed by atoms with Crippen molar-refractivity contribution in [3.63, 3.8) is 0 Å². The van der Waals surface area contributed by atoms with Gasteiger partial charge in [-0.2, -0.15) is 0 Å². The second kappa shape index (κ2) is 7.02. The van der Waals surface area contributed by atoms with Crippen LogP contribution in [0.1, 0.15) is 52.9 Å². The summed E-state index contributed by atoms with van der Waals surface area (Å²) >= 11 is 0. The van der Waals surface area contributed by atoms with Crippen LogP contribution in [0.2, 0.25) is 0 Å². The van der Waals surface area contributed by atoms with Crippen LogP contribution in [0, 0.1) is 28.6 Å². The summed E-state index contributed by atoms with van der Waals surface area (Å²) in [5.41, 5.74) is 0.373. The number of ketones is 1. The van der Waals surface area contributed by atoms with Crippen LogP contribution in [0.5, 0.6) is 0 Å². The molecule has 0 unspecified atom stereocenters. The summed E-state index contributed by atoms with van der Waals surface area (Å²) in [6.07, 6.45) is 2.98. The van der Waals surface area contributed by atoms with Gasteiger partial charge in [0.15, 0.2) is 5.78 Å². The van der Waals surface area contributed by atoms with E-state index in [1.807, 2.05) is 13.8 Å². The molecular formula is C23H31FO5. The Morgan fingerprint density at radius 2 is 2.03 bits per heavy atom. The Hall–Kier alpha value is -1.53. The van der Waals surface area contributed by atoms with Gasteiger partial charge in [0.05, 0.1) is 12.2 Å². The minimum atomic E-state index is -1.19. The average molecular weight is 406 g/mol. The number of carbonyl (C=O) groups is 2. The smallest absolute Gasteiger partial charge is 0.302 e. The monoisotopic (exact) mass is 406 g/mol. The van der Waals surface area contributed by atoms with E-state index in [4.69, 9.17) is 4.74 Å². The molecule has 29 heavy (non-hydrogen) atoms. The molecule has 4 rings (SSSR count). The first-order chi connectivity index (χ1) is 13.6. The lowest BCUT2D eigenvalue weighted by molar-refractivity contribution is -0.139. The zero-order chi connectivity index (χ0) is 21.1. The van der Waals surface area contributed by atoms with Gasteiger partial charge in [-0.15, -0.1) is 0 Å². The third kappa shape index (κ3) is 3.10. The van der Waals surface area contributed by atoms with E-state index in [0.29, 0.717) is 31.3 Å². The minimum Gasteiger partial charge on any atom is -0.462 e. The summed E-state index contributed by atoms with van der Waals surface area (Å²) in [7, 11) is 0. The van der Waals surface area contributed by atoms with Gasteiger partial charge in [-0.3, -0.25) is 9.59 Å². The maximum atomic E-state index is 15.3. The first kappa shape index (κ1) is 20.7. The number of rotatable bonds is 2. The van der Waals surface area contributed by atoms with Crippen molar-refractivity contribution in [3.8, 4) is 0 Å². The number of fused-ring (bicyclic) bond motifs is 5. The first-order valence-electron chi connectivity index (χ1n) is 10.7. The van der Waals surface area contributed by atoms with Crippen LogP contribution < -0.4 is 0 Å². The molecule has 160 valence electrons. The van der Waals surface area contributed by atoms with Gasteiger partial charge in [-0.1, -0.05) is 13.8 Å². The zero-order valence-corrected chi connectivity index (χ0v) is 17.4. The third-order valence-electron chi connectivity index (χ3n) is 8.35. The van der Waals surface area contributed by atoms with E-state index in [0.717, 1.165) is 5.57 Å². The summed E-state index contributed by atoms with van der Waals surface area (Å²) in [5.74, 6) is -0.550. The lowest BCUT2D eigenvalue weighted by Crippen LogP contribution is -2.58. The van der Waals surface area contributed by atoms with Crippen LogP contribution >= 0.6 is 0 Å². The second-order valence-electron chi connectivity index (χ2n) is 9.89. The fourth-order valence-electron chi connectivity index (χ4n) is 7.17. The van der Waals surface area contributed by atoms with Crippen molar-refractivity contribution in [1.29, 1.82) is 0 Å². The van der Waals surface area contributed by atoms with Crippen LogP contribution in [0.4, 0.5) is 4.39 Å². The summed E-state index contributed by atoms with van der Waals surface area (Å²) < 4.78 is 20.3. The predicted octanol–water partition coefficient (Wildman–Crippen LogP) is 2.90. The maximum Gasteiger partial charge on any atom is 0.302 e. The topological polar surface area (TPSA) is 83.8 Å². The molecule has 3 saturated carbocycles. The number of aliphatic hydroxyl groups excluding tert-OH is 2. The van der Waals surface area contributed by atoms with Gasteiger partial charge in [0.1, 0.15) is 12.8 Å². The van der Waals surface area contributed by atoms with Crippen LogP contribution in [0.3, 0.4) is 0 Å². The summed E-state index contributed by atoms with van der Waals surface area (Å²) in [6, 6.07) is 0. The molecule has 5 nitrogen and oxygen atoms in total. The maximum absolute atomic E-state index is 15.3. The molecule has 0 aliphatic heterocycles. The molecule has 3 fully saturated rings. The number of aliphatic hydroxyl groups is 2. The van der Waals surface area contributed by atoms with Gasteiger partial charge < -0.3 is 14.9 Å². The molecule has 8 atom stereocenters. The highest BCUT2D eigenvalue weighted by Crippen LogP contribution is 2.66. The van der Waals surface area contributed by atoms with E-state index in [9.17, 15) is 19.8 Å². The van der Waals surface area contributed by atoms with Crippen molar-refractivity contribution in [2.75, 3.05) is 6.61 Å². The van der Waals surface area contributed by atoms with Gasteiger partial charge in [0.25, 0.3) is 0 Å². The van der Waals surface area contributed by atoms with Crippen molar-refractivity contribution in [2.24, 2.45) is 28.6 Å². The molecular weight excluding hydrogens is 375 g/mol. The van der Waals surface area contributed by atoms with Crippen LogP contribution in [0.15, 0.2) is 23.3 Å². The largest absolute Gasteiger partial charge is 0.462 e. The number of hydrogen-bond donors (Lipinski definition) is 2. The quantitative estimate of drug-likeness (QED) is 0.544. The number of ether oxygens (including phenoxy) is 1. The summed E-state index contributed by atoms with van der Waals surface area (Å²) in [5, 5.41) is 22.0. The molecule has 6 heteroatoms. The lowest BCUT2D eigenvalue weighted by atomic mass is 9.46. The molecule has 0 radical (unpaired) electrons. The number of alkyl halides is 1. The number of esters is 1. The molecule has 0 saturated heterocycles. The predicted molar refractivity (Wildman–Crippen MR) is 104 cm³/mol. The Bertz CT molecular complexity index is 788. The summed E-state index contributed by atoms with van der Waals surface area (Å²) in [6.45, 7) is 5.47. The van der Waals surface area contributed by atoms with E-state index >= 15 is 4.39 Å². The van der Waals surface area contributed by atoms with Gasteiger partial charge in [-0.05, 0) is 77.6 Å². The molecule has 0 bridgehead atoms. The van der Waals surface area contributed by atoms with E-state index in [2.05, 4.69) is 0 Å². The van der Waals surface area contributed by atoms with Gasteiger partial charge >= 0.3 is 5.97 Å². The fraction of sp³-hybridized carbons (Fsp3) is 0.739. The Morgan fingerprint density at radius 1 is 1.31 bits per heavy atom. The molecule has 0 aromatic heterocycles. The molecule has 2 N–H and O–H groups in total. The van der Waals surface area contributed by atoms with Crippen LogP contribution in [-0.4, -0.2) is 47.0 Å². The highest BCUT2D eigenvalue weighted by Gasteiger charge is 2.64. The van der Waals surface area contributed by atoms with E-state index in [1.165, 1.54) is 13.0 Å². The van der Waals surface area contributed by atoms with Crippen molar-refractivity contribution in [2.45, 2.75) is 71.3 Å². The van der Waals surface area contributed by atoms with E-state index in [-0.39, 0.29) is 42.5 Å². The fourth-order valence-corrected chi connectivity index (χ4v) is 7.17. The van der Waals surface area contributed by atoms with Crippen LogP contribution in [0.25, 0.3) is 0 Å². The lowest BCUT2D eigenvalue weighted by Gasteiger charge is -2.59. The molecule has 0 spiro atoms. The SMILES string of the molecule is CC(=O)OCC=C1[C@H](O)C[C@H]2[C@@H]3C[C@H](F)C4=CC(=O)CC[C@]4(C)[C@H]3[C@@H](O)C[C@]12C.